The monoisotopic (exact) mass is 383 g/mol. The summed E-state index contributed by atoms with van der Waals surface area (Å²) in [6.45, 7) is 11.3. The molecule has 0 amide bonds. The second kappa shape index (κ2) is 6.99. The van der Waals surface area contributed by atoms with Crippen molar-refractivity contribution in [2.75, 3.05) is 13.1 Å². The molecule has 0 saturated heterocycles. The van der Waals surface area contributed by atoms with Crippen LogP contribution < -0.4 is 19.9 Å². The van der Waals surface area contributed by atoms with Crippen LogP contribution in [-0.4, -0.2) is 20.3 Å². The van der Waals surface area contributed by atoms with E-state index < -0.39 is 7.25 Å². The highest BCUT2D eigenvalue weighted by molar-refractivity contribution is 6.50. The van der Waals surface area contributed by atoms with E-state index in [4.69, 9.17) is 4.74 Å². The fourth-order valence-electron chi connectivity index (χ4n) is 4.02. The number of fused-ring (bicyclic) bond motifs is 2. The number of hydrogen-bond acceptors (Lipinski definition) is 1. The van der Waals surface area contributed by atoms with E-state index in [1.54, 1.807) is 0 Å². The van der Waals surface area contributed by atoms with Gasteiger partial charge in [0.1, 0.15) is 24.6 Å². The van der Waals surface area contributed by atoms with Crippen LogP contribution in [0.25, 0.3) is 5.57 Å². The Labute approximate surface area is 157 Å². The van der Waals surface area contributed by atoms with Crippen molar-refractivity contribution in [3.8, 4) is 5.75 Å². The van der Waals surface area contributed by atoms with Crippen molar-refractivity contribution in [3.63, 3.8) is 0 Å². The Kier molecular flexibility index (Phi) is 5.17. The Morgan fingerprint density at radius 1 is 1.04 bits per heavy atom. The molecule has 0 bridgehead atoms. The zero-order chi connectivity index (χ0) is 20.0. The van der Waals surface area contributed by atoms with Crippen LogP contribution in [0.1, 0.15) is 51.7 Å². The number of hydrogen-bond donors (Lipinski definition) is 0. The summed E-state index contributed by atoms with van der Waals surface area (Å²) in [4.78, 5) is 0. The minimum Gasteiger partial charge on any atom is -0.460 e. The smallest absolute Gasteiger partial charge is 0.460 e. The summed E-state index contributed by atoms with van der Waals surface area (Å²) >= 11 is 0. The molecule has 0 N–H and O–H groups in total. The van der Waals surface area contributed by atoms with E-state index in [-0.39, 0.29) is 5.41 Å². The normalized spacial score (nSPS) is 18.6. The molecule has 4 rings (SSSR count). The fraction of sp³-hybridized carbons (Fsp3) is 0.550. The van der Waals surface area contributed by atoms with E-state index in [1.165, 1.54) is 59.6 Å². The molecular weight excluding hydrogens is 357 g/mol. The molecule has 148 valence electrons. The van der Waals surface area contributed by atoms with E-state index in [9.17, 15) is 17.3 Å². The van der Waals surface area contributed by atoms with Crippen molar-refractivity contribution >= 4 is 12.8 Å². The van der Waals surface area contributed by atoms with Crippen LogP contribution in [0.15, 0.2) is 17.9 Å². The molecule has 3 aliphatic heterocycles. The lowest BCUT2D eigenvalue weighted by atomic mass is 9.88. The van der Waals surface area contributed by atoms with Gasteiger partial charge >= 0.3 is 7.25 Å². The summed E-state index contributed by atoms with van der Waals surface area (Å²) in [5.74, 6) is 2.25. The first kappa shape index (κ1) is 20.0. The maximum atomic E-state index is 9.75. The predicted molar refractivity (Wildman–Crippen MR) is 101 cm³/mol. The summed E-state index contributed by atoms with van der Waals surface area (Å²) in [5.41, 5.74) is 4.41. The fourth-order valence-corrected chi connectivity index (χ4v) is 4.02. The van der Waals surface area contributed by atoms with Gasteiger partial charge in [-0.25, -0.2) is 4.58 Å². The van der Waals surface area contributed by atoms with Crippen LogP contribution in [0.5, 0.6) is 5.75 Å². The molecule has 3 aliphatic rings. The molecule has 2 nitrogen and oxygen atoms in total. The second-order valence-electron chi connectivity index (χ2n) is 8.47. The molecule has 0 aliphatic carbocycles. The summed E-state index contributed by atoms with van der Waals surface area (Å²) in [6, 6.07) is 2.40. The number of benzene rings is 1. The Hall–Kier alpha value is -1.79. The molecule has 1 aromatic rings. The number of halogens is 4. The zero-order valence-electron chi connectivity index (χ0n) is 16.3. The lowest BCUT2D eigenvalue weighted by molar-refractivity contribution is 0.285. The largest absolute Gasteiger partial charge is 0.673 e. The third kappa shape index (κ3) is 4.38. The molecule has 0 spiro atoms. The van der Waals surface area contributed by atoms with E-state index in [0.29, 0.717) is 0 Å². The molecule has 0 unspecified atom stereocenters. The quantitative estimate of drug-likeness (QED) is 0.377. The molecule has 1 aromatic carbocycles. The minimum atomic E-state index is -6.00. The van der Waals surface area contributed by atoms with Crippen LogP contribution in [0.4, 0.5) is 17.3 Å². The van der Waals surface area contributed by atoms with Crippen LogP contribution in [-0.2, 0) is 12.8 Å². The number of ether oxygens (including phenoxy) is 1. The predicted octanol–water partition coefficient (Wildman–Crippen LogP) is 3.86. The standard InChI is InChI=1S/C20H26NO.BF4/c1-13-11-17(20(2,3)4)22-19-15-8-6-10-21-9-5-7-14(18(15)21)12-16(13)19;2-1(3,4)5/h11-12H,5-10H2,1-4H3;/q+1;-1. The first-order chi connectivity index (χ1) is 12.4. The van der Waals surface area contributed by atoms with Crippen LogP contribution in [0, 0.1) is 5.41 Å². The van der Waals surface area contributed by atoms with Gasteiger partial charge in [0, 0.05) is 29.0 Å². The van der Waals surface area contributed by atoms with Crippen LogP contribution >= 0.6 is 0 Å². The topological polar surface area (TPSA) is 12.2 Å². The maximum Gasteiger partial charge on any atom is 0.673 e. The SMILES string of the molecule is CC1=c2cc3c4c(c2OC(C(C)(C)C)=C1)CCC[N+]=4CCC3.F[B-](F)(F)F. The highest BCUT2D eigenvalue weighted by Gasteiger charge is 2.30. The number of allylic oxidation sites excluding steroid dienone is 2. The molecule has 0 saturated carbocycles. The average molecular weight is 383 g/mol. The molecule has 27 heavy (non-hydrogen) atoms. The Morgan fingerprint density at radius 2 is 1.63 bits per heavy atom. The van der Waals surface area contributed by atoms with E-state index in [0.717, 1.165) is 17.9 Å². The first-order valence-corrected chi connectivity index (χ1v) is 9.50. The van der Waals surface area contributed by atoms with Gasteiger partial charge in [-0.05, 0) is 37.5 Å². The lowest BCUT2D eigenvalue weighted by Gasteiger charge is -2.29. The van der Waals surface area contributed by atoms with Crippen molar-refractivity contribution in [1.29, 1.82) is 0 Å². The van der Waals surface area contributed by atoms with Gasteiger partial charge in [0.25, 0.3) is 0 Å². The van der Waals surface area contributed by atoms with Crippen molar-refractivity contribution in [2.45, 2.75) is 53.4 Å². The molecule has 0 aromatic heterocycles. The minimum absolute atomic E-state index is 0.0515. The summed E-state index contributed by atoms with van der Waals surface area (Å²) < 4.78 is 48.0. The Bertz CT molecular complexity index is 900. The number of aryl methyl sites for hydroxylation is 1. The van der Waals surface area contributed by atoms with E-state index >= 15 is 0 Å². The summed E-state index contributed by atoms with van der Waals surface area (Å²) in [7, 11) is -6.00. The van der Waals surface area contributed by atoms with Crippen molar-refractivity contribution in [3.05, 3.63) is 39.6 Å². The number of rotatable bonds is 0. The third-order valence-corrected chi connectivity index (χ3v) is 5.20. The van der Waals surface area contributed by atoms with Gasteiger partial charge in [-0.2, -0.15) is 0 Å². The maximum absolute atomic E-state index is 9.75. The molecule has 3 heterocycles. The van der Waals surface area contributed by atoms with E-state index in [2.05, 4.69) is 44.4 Å². The average Bonchev–Trinajstić information content (AvgIpc) is 2.54. The lowest BCUT2D eigenvalue weighted by Crippen LogP contribution is -2.45. The van der Waals surface area contributed by atoms with Gasteiger partial charge < -0.3 is 22.0 Å². The Balaban J connectivity index is 0.000000376. The van der Waals surface area contributed by atoms with Crippen molar-refractivity contribution < 1.29 is 22.0 Å². The second-order valence-corrected chi connectivity index (χ2v) is 8.47. The highest BCUT2D eigenvalue weighted by atomic mass is 19.5. The van der Waals surface area contributed by atoms with Gasteiger partial charge in [-0.15, -0.1) is 0 Å². The van der Waals surface area contributed by atoms with E-state index in [1.807, 2.05) is 0 Å². The summed E-state index contributed by atoms with van der Waals surface area (Å²) in [6.07, 6.45) is 7.15. The Morgan fingerprint density at radius 3 is 2.22 bits per heavy atom. The van der Waals surface area contributed by atoms with Gasteiger partial charge in [-0.1, -0.05) is 20.8 Å². The van der Waals surface area contributed by atoms with Gasteiger partial charge in [-0.3, -0.25) is 0 Å². The van der Waals surface area contributed by atoms with Gasteiger partial charge in [0.2, 0.25) is 5.36 Å². The van der Waals surface area contributed by atoms with Crippen molar-refractivity contribution in [2.24, 2.45) is 5.41 Å². The molecular formula is C20H26BF4NO. The zero-order valence-corrected chi connectivity index (χ0v) is 16.3. The number of nitrogens with zero attached hydrogens (tertiary/aromatic N) is 1. The summed E-state index contributed by atoms with van der Waals surface area (Å²) in [5, 5.41) is 2.82. The molecule has 7 heteroatoms. The van der Waals surface area contributed by atoms with Gasteiger partial charge in [0.05, 0.1) is 5.56 Å². The van der Waals surface area contributed by atoms with Crippen LogP contribution in [0.3, 0.4) is 0 Å². The highest BCUT2D eigenvalue weighted by Crippen LogP contribution is 2.32. The molecule has 0 radical (unpaired) electrons. The molecule has 0 atom stereocenters. The molecule has 0 fully saturated rings. The first-order valence-electron chi connectivity index (χ1n) is 9.50. The van der Waals surface area contributed by atoms with Crippen molar-refractivity contribution in [1.82, 2.24) is 4.58 Å². The van der Waals surface area contributed by atoms with Crippen LogP contribution in [0.2, 0.25) is 0 Å². The van der Waals surface area contributed by atoms with Gasteiger partial charge in [0.15, 0.2) is 0 Å². The third-order valence-electron chi connectivity index (χ3n) is 5.20.